The molecular formula is C27H20FN3O5S. The van der Waals surface area contributed by atoms with Gasteiger partial charge in [-0.1, -0.05) is 6.07 Å². The zero-order valence-corrected chi connectivity index (χ0v) is 20.2. The summed E-state index contributed by atoms with van der Waals surface area (Å²) >= 11 is 5.67. The van der Waals surface area contributed by atoms with Crippen molar-refractivity contribution in [1.29, 1.82) is 0 Å². The largest absolute Gasteiger partial charge is 0.478 e. The predicted molar refractivity (Wildman–Crippen MR) is 137 cm³/mol. The van der Waals surface area contributed by atoms with Crippen LogP contribution in [0.2, 0.25) is 0 Å². The number of rotatable bonds is 6. The second-order valence-electron chi connectivity index (χ2n) is 8.54. The molecule has 2 atom stereocenters. The van der Waals surface area contributed by atoms with Gasteiger partial charge in [-0.05, 0) is 85.4 Å². The van der Waals surface area contributed by atoms with E-state index in [-0.39, 0.29) is 22.7 Å². The summed E-state index contributed by atoms with van der Waals surface area (Å²) in [7, 11) is 0. The lowest BCUT2D eigenvalue weighted by Gasteiger charge is -2.26. The molecule has 3 heterocycles. The Morgan fingerprint density at radius 2 is 1.76 bits per heavy atom. The zero-order valence-electron chi connectivity index (χ0n) is 19.4. The molecule has 0 spiro atoms. The predicted octanol–water partition coefficient (Wildman–Crippen LogP) is 5.36. The number of aryl methyl sites for hydroxylation is 1. The Bertz CT molecular complexity index is 1510. The molecule has 1 aliphatic heterocycles. The van der Waals surface area contributed by atoms with Gasteiger partial charge in [0.15, 0.2) is 5.11 Å². The van der Waals surface area contributed by atoms with E-state index in [1.807, 2.05) is 17.0 Å². The highest BCUT2D eigenvalue weighted by molar-refractivity contribution is 7.80. The Kier molecular flexibility index (Phi) is 6.18. The number of nitrogens with one attached hydrogen (secondary N) is 1. The zero-order chi connectivity index (χ0) is 26.3. The molecular weight excluding hydrogens is 497 g/mol. The van der Waals surface area contributed by atoms with Crippen LogP contribution in [0.4, 0.5) is 10.1 Å². The number of aromatic carboxylic acids is 2. The Hall–Kier alpha value is -4.57. The van der Waals surface area contributed by atoms with E-state index in [4.69, 9.17) is 16.6 Å². The number of hydrogen-bond acceptors (Lipinski definition) is 5. The first kappa shape index (κ1) is 24.1. The van der Waals surface area contributed by atoms with Crippen molar-refractivity contribution in [3.8, 4) is 11.3 Å². The van der Waals surface area contributed by atoms with Crippen LogP contribution >= 0.6 is 12.2 Å². The van der Waals surface area contributed by atoms with Gasteiger partial charge in [0.2, 0.25) is 0 Å². The molecule has 0 unspecified atom stereocenters. The number of furan rings is 1. The molecule has 37 heavy (non-hydrogen) atoms. The fourth-order valence-corrected chi connectivity index (χ4v) is 4.73. The fraction of sp³-hybridized carbons (Fsp3) is 0.111. The summed E-state index contributed by atoms with van der Waals surface area (Å²) < 4.78 is 20.2. The average molecular weight is 518 g/mol. The molecule has 0 bridgehead atoms. The number of hydrogen-bond donors (Lipinski definition) is 3. The van der Waals surface area contributed by atoms with Gasteiger partial charge in [0.25, 0.3) is 0 Å². The van der Waals surface area contributed by atoms with Gasteiger partial charge in [0.05, 0.1) is 22.9 Å². The van der Waals surface area contributed by atoms with E-state index >= 15 is 0 Å². The van der Waals surface area contributed by atoms with Gasteiger partial charge >= 0.3 is 11.9 Å². The van der Waals surface area contributed by atoms with E-state index in [0.717, 1.165) is 6.07 Å². The van der Waals surface area contributed by atoms with Crippen LogP contribution in [0.25, 0.3) is 11.3 Å². The van der Waals surface area contributed by atoms with Crippen LogP contribution in [-0.4, -0.2) is 32.2 Å². The van der Waals surface area contributed by atoms with Crippen LogP contribution in [0, 0.1) is 12.7 Å². The third-order valence-corrected chi connectivity index (χ3v) is 6.46. The van der Waals surface area contributed by atoms with Crippen molar-refractivity contribution in [2.75, 3.05) is 4.90 Å². The normalized spacial score (nSPS) is 17.0. The number of carboxylic acids is 2. The summed E-state index contributed by atoms with van der Waals surface area (Å²) in [4.78, 5) is 29.4. The molecule has 8 nitrogen and oxygen atoms in total. The summed E-state index contributed by atoms with van der Waals surface area (Å²) in [5.41, 5.74) is 1.76. The van der Waals surface area contributed by atoms with Gasteiger partial charge < -0.3 is 24.8 Å². The molecule has 0 radical (unpaired) electrons. The number of halogens is 1. The van der Waals surface area contributed by atoms with Crippen LogP contribution in [0.5, 0.6) is 0 Å². The first-order valence-corrected chi connectivity index (χ1v) is 11.6. The van der Waals surface area contributed by atoms with Crippen LogP contribution in [0.3, 0.4) is 0 Å². The Labute approximate surface area is 216 Å². The molecule has 3 N–H and O–H groups in total. The molecule has 1 fully saturated rings. The third-order valence-electron chi connectivity index (χ3n) is 6.15. The number of aromatic nitrogens is 1. The van der Waals surface area contributed by atoms with Crippen LogP contribution in [-0.2, 0) is 0 Å². The number of anilines is 1. The smallest absolute Gasteiger partial charge is 0.335 e. The SMILES string of the molecule is Cc1cc(N2C(=S)N[C@H](c3ccccn3)[C@H]2c2ccc(-c3cc(C(=O)O)cc(C(=O)O)c3)o2)ccc1F. The third kappa shape index (κ3) is 4.54. The minimum Gasteiger partial charge on any atom is -0.478 e. The fourth-order valence-electron chi connectivity index (χ4n) is 4.38. The van der Waals surface area contributed by atoms with E-state index in [1.165, 1.54) is 18.2 Å². The number of nitrogens with zero attached hydrogens (tertiary/aromatic N) is 2. The summed E-state index contributed by atoms with van der Waals surface area (Å²) in [6, 6.07) is 16.4. The molecule has 5 rings (SSSR count). The molecule has 2 aromatic carbocycles. The first-order valence-electron chi connectivity index (χ1n) is 11.2. The molecule has 1 saturated heterocycles. The Morgan fingerprint density at radius 3 is 2.38 bits per heavy atom. The van der Waals surface area contributed by atoms with Crippen molar-refractivity contribution in [2.45, 2.75) is 19.0 Å². The average Bonchev–Trinajstić information content (AvgIpc) is 3.50. The van der Waals surface area contributed by atoms with Gasteiger partial charge in [-0.15, -0.1) is 0 Å². The van der Waals surface area contributed by atoms with E-state index < -0.39 is 24.0 Å². The minimum atomic E-state index is -1.26. The van der Waals surface area contributed by atoms with Gasteiger partial charge in [-0.2, -0.15) is 0 Å². The maximum Gasteiger partial charge on any atom is 0.335 e. The Morgan fingerprint density at radius 1 is 1.03 bits per heavy atom. The van der Waals surface area contributed by atoms with Crippen molar-refractivity contribution in [1.82, 2.24) is 10.3 Å². The van der Waals surface area contributed by atoms with E-state index in [2.05, 4.69) is 10.3 Å². The molecule has 10 heteroatoms. The second-order valence-corrected chi connectivity index (χ2v) is 8.93. The quantitative estimate of drug-likeness (QED) is 0.291. The summed E-state index contributed by atoms with van der Waals surface area (Å²) in [5.74, 6) is -2.09. The van der Waals surface area contributed by atoms with Gasteiger partial charge in [0, 0.05) is 17.4 Å². The van der Waals surface area contributed by atoms with E-state index in [9.17, 15) is 24.2 Å². The molecule has 4 aromatic rings. The topological polar surface area (TPSA) is 116 Å². The van der Waals surface area contributed by atoms with Crippen LogP contribution in [0.15, 0.2) is 77.3 Å². The number of carbonyl (C=O) groups is 2. The van der Waals surface area contributed by atoms with Crippen molar-refractivity contribution < 1.29 is 28.6 Å². The van der Waals surface area contributed by atoms with Gasteiger partial charge in [0.1, 0.15) is 23.4 Å². The number of carboxylic acid groups (broad SMARTS) is 2. The summed E-state index contributed by atoms with van der Waals surface area (Å²) in [5, 5.41) is 22.6. The highest BCUT2D eigenvalue weighted by Gasteiger charge is 2.42. The lowest BCUT2D eigenvalue weighted by Crippen LogP contribution is -2.29. The number of thiocarbonyl (C=S) groups is 1. The molecule has 0 amide bonds. The molecule has 1 aliphatic rings. The molecule has 0 aliphatic carbocycles. The van der Waals surface area contributed by atoms with Crippen molar-refractivity contribution in [3.05, 3.63) is 107 Å². The van der Waals surface area contributed by atoms with Crippen molar-refractivity contribution >= 4 is 35.0 Å². The van der Waals surface area contributed by atoms with Crippen molar-refractivity contribution in [2.24, 2.45) is 0 Å². The molecule has 2 aromatic heterocycles. The summed E-state index contributed by atoms with van der Waals surface area (Å²) in [6.45, 7) is 1.66. The highest BCUT2D eigenvalue weighted by atomic mass is 32.1. The molecule has 0 saturated carbocycles. The van der Waals surface area contributed by atoms with Gasteiger partial charge in [-0.25, -0.2) is 14.0 Å². The lowest BCUT2D eigenvalue weighted by atomic mass is 10.0. The van der Waals surface area contributed by atoms with E-state index in [1.54, 1.807) is 43.5 Å². The maximum absolute atomic E-state index is 14.0. The summed E-state index contributed by atoms with van der Waals surface area (Å²) in [6.07, 6.45) is 1.67. The van der Waals surface area contributed by atoms with Crippen LogP contribution in [0.1, 0.15) is 49.8 Å². The van der Waals surface area contributed by atoms with Crippen molar-refractivity contribution in [3.63, 3.8) is 0 Å². The highest BCUT2D eigenvalue weighted by Crippen LogP contribution is 2.43. The number of pyridine rings is 1. The van der Waals surface area contributed by atoms with Crippen LogP contribution < -0.4 is 10.2 Å². The maximum atomic E-state index is 14.0. The lowest BCUT2D eigenvalue weighted by molar-refractivity contribution is 0.0696. The standard InChI is InChI=1S/C27H20FN3O5S/c1-14-10-18(5-6-19(14)28)31-24(23(30-27(31)37)20-4-2-3-9-29-20)22-8-7-21(36-22)15-11-16(25(32)33)13-17(12-15)26(34)35/h2-13,23-24H,1H3,(H,30,37)(H,32,33)(H,34,35)/t23-,24-/m1/s1. The minimum absolute atomic E-state index is 0.175. The number of benzene rings is 2. The second kappa shape index (κ2) is 9.47. The van der Waals surface area contributed by atoms with E-state index in [0.29, 0.717) is 33.4 Å². The molecule has 186 valence electrons. The monoisotopic (exact) mass is 517 g/mol. The first-order chi connectivity index (χ1) is 17.7. The van der Waals surface area contributed by atoms with Gasteiger partial charge in [-0.3, -0.25) is 4.98 Å². The Balaban J connectivity index is 1.62.